The molecule has 24 heavy (non-hydrogen) atoms. The van der Waals surface area contributed by atoms with Gasteiger partial charge >= 0.3 is 0 Å². The van der Waals surface area contributed by atoms with E-state index in [1.165, 1.54) is 12.2 Å². The van der Waals surface area contributed by atoms with Crippen LogP contribution in [0.4, 0.5) is 5.82 Å². The SMILES string of the molecule is Cc1cc(C)n(-c2ccc(N[C@@H]3CCO[C@@]4(CCSC4)C3)nn2)n1. The van der Waals surface area contributed by atoms with Gasteiger partial charge in [-0.15, -0.1) is 10.2 Å². The van der Waals surface area contributed by atoms with Gasteiger partial charge in [-0.05, 0) is 57.1 Å². The Bertz CT molecular complexity index is 708. The number of nitrogens with one attached hydrogen (secondary N) is 1. The molecule has 0 unspecified atom stereocenters. The van der Waals surface area contributed by atoms with E-state index in [2.05, 4.69) is 20.6 Å². The molecule has 2 fully saturated rings. The van der Waals surface area contributed by atoms with Gasteiger partial charge in [-0.25, -0.2) is 4.68 Å². The zero-order valence-corrected chi connectivity index (χ0v) is 15.0. The molecule has 1 spiro atoms. The monoisotopic (exact) mass is 345 g/mol. The van der Waals surface area contributed by atoms with Crippen molar-refractivity contribution in [3.05, 3.63) is 29.6 Å². The summed E-state index contributed by atoms with van der Waals surface area (Å²) in [5, 5.41) is 16.7. The lowest BCUT2D eigenvalue weighted by Gasteiger charge is -2.38. The molecule has 4 heterocycles. The van der Waals surface area contributed by atoms with Crippen LogP contribution in [0.2, 0.25) is 0 Å². The number of thioether (sulfide) groups is 1. The first-order chi connectivity index (χ1) is 11.6. The fraction of sp³-hybridized carbons (Fsp3) is 0.588. The minimum Gasteiger partial charge on any atom is -0.374 e. The summed E-state index contributed by atoms with van der Waals surface area (Å²) in [6.45, 7) is 4.83. The van der Waals surface area contributed by atoms with Crippen molar-refractivity contribution < 1.29 is 4.74 Å². The van der Waals surface area contributed by atoms with E-state index in [9.17, 15) is 0 Å². The molecule has 2 aromatic heterocycles. The molecule has 2 aromatic rings. The Labute approximate surface area is 146 Å². The first kappa shape index (κ1) is 15.9. The molecule has 7 heteroatoms. The number of aryl methyl sites for hydroxylation is 2. The number of aromatic nitrogens is 4. The first-order valence-electron chi connectivity index (χ1n) is 8.49. The highest BCUT2D eigenvalue weighted by atomic mass is 32.2. The Hall–Kier alpha value is -1.60. The van der Waals surface area contributed by atoms with Gasteiger partial charge < -0.3 is 10.1 Å². The van der Waals surface area contributed by atoms with E-state index < -0.39 is 0 Å². The highest BCUT2D eigenvalue weighted by Gasteiger charge is 2.40. The quantitative estimate of drug-likeness (QED) is 0.923. The van der Waals surface area contributed by atoms with E-state index >= 15 is 0 Å². The van der Waals surface area contributed by atoms with Crippen molar-refractivity contribution in [2.24, 2.45) is 0 Å². The Morgan fingerprint density at radius 1 is 1.33 bits per heavy atom. The fourth-order valence-corrected chi connectivity index (χ4v) is 4.98. The third kappa shape index (κ3) is 3.15. The normalized spacial score (nSPS) is 26.8. The number of rotatable bonds is 3. The van der Waals surface area contributed by atoms with Crippen molar-refractivity contribution in [3.8, 4) is 5.82 Å². The topological polar surface area (TPSA) is 64.9 Å². The second-order valence-corrected chi connectivity index (χ2v) is 7.89. The van der Waals surface area contributed by atoms with Crippen LogP contribution in [0.25, 0.3) is 5.82 Å². The number of hydrogen-bond donors (Lipinski definition) is 1. The van der Waals surface area contributed by atoms with Crippen molar-refractivity contribution in [3.63, 3.8) is 0 Å². The minimum absolute atomic E-state index is 0.0810. The van der Waals surface area contributed by atoms with Crippen LogP contribution in [0, 0.1) is 13.8 Å². The smallest absolute Gasteiger partial charge is 0.176 e. The summed E-state index contributed by atoms with van der Waals surface area (Å²) in [5.41, 5.74) is 2.13. The molecular weight excluding hydrogens is 322 g/mol. The molecule has 4 rings (SSSR count). The molecule has 0 bridgehead atoms. The summed E-state index contributed by atoms with van der Waals surface area (Å²) in [4.78, 5) is 0. The molecule has 0 amide bonds. The average molecular weight is 345 g/mol. The Kier molecular flexibility index (Phi) is 4.22. The second-order valence-electron chi connectivity index (χ2n) is 6.78. The van der Waals surface area contributed by atoms with Gasteiger partial charge in [0, 0.05) is 24.1 Å². The summed E-state index contributed by atoms with van der Waals surface area (Å²) in [6.07, 6.45) is 3.24. The van der Waals surface area contributed by atoms with Gasteiger partial charge in [0.15, 0.2) is 5.82 Å². The van der Waals surface area contributed by atoms with Crippen molar-refractivity contribution in [1.29, 1.82) is 0 Å². The second kappa shape index (κ2) is 6.37. The van der Waals surface area contributed by atoms with Crippen molar-refractivity contribution in [2.75, 3.05) is 23.4 Å². The minimum atomic E-state index is 0.0810. The predicted molar refractivity (Wildman–Crippen MR) is 95.9 cm³/mol. The van der Waals surface area contributed by atoms with Crippen LogP contribution in [0.3, 0.4) is 0 Å². The fourth-order valence-electron chi connectivity index (χ4n) is 3.60. The summed E-state index contributed by atoms with van der Waals surface area (Å²) in [7, 11) is 0. The van der Waals surface area contributed by atoms with Gasteiger partial charge in [-0.1, -0.05) is 0 Å². The molecule has 0 aliphatic carbocycles. The Balaban J connectivity index is 1.44. The summed E-state index contributed by atoms with van der Waals surface area (Å²) < 4.78 is 7.90. The van der Waals surface area contributed by atoms with Crippen molar-refractivity contribution in [2.45, 2.75) is 44.8 Å². The van der Waals surface area contributed by atoms with Crippen molar-refractivity contribution in [1.82, 2.24) is 20.0 Å². The lowest BCUT2D eigenvalue weighted by atomic mass is 9.90. The summed E-state index contributed by atoms with van der Waals surface area (Å²) in [6, 6.07) is 6.40. The first-order valence-corrected chi connectivity index (χ1v) is 9.65. The highest BCUT2D eigenvalue weighted by Crippen LogP contribution is 2.38. The van der Waals surface area contributed by atoms with Crippen LogP contribution in [-0.2, 0) is 4.74 Å². The zero-order chi connectivity index (χ0) is 16.6. The number of ether oxygens (including phenoxy) is 1. The maximum Gasteiger partial charge on any atom is 0.176 e. The molecule has 6 nitrogen and oxygen atoms in total. The molecule has 2 atom stereocenters. The maximum atomic E-state index is 6.08. The van der Waals surface area contributed by atoms with E-state index in [1.54, 1.807) is 0 Å². The lowest BCUT2D eigenvalue weighted by molar-refractivity contribution is -0.0628. The van der Waals surface area contributed by atoms with Crippen LogP contribution in [0.5, 0.6) is 0 Å². The van der Waals surface area contributed by atoms with Crippen LogP contribution in [0.15, 0.2) is 18.2 Å². The Morgan fingerprint density at radius 3 is 2.92 bits per heavy atom. The maximum absolute atomic E-state index is 6.08. The summed E-state index contributed by atoms with van der Waals surface area (Å²) >= 11 is 2.00. The van der Waals surface area contributed by atoms with Gasteiger partial charge in [-0.2, -0.15) is 16.9 Å². The van der Waals surface area contributed by atoms with Crippen LogP contribution < -0.4 is 5.32 Å². The van der Waals surface area contributed by atoms with Gasteiger partial charge in [0.25, 0.3) is 0 Å². The van der Waals surface area contributed by atoms with E-state index in [-0.39, 0.29) is 5.60 Å². The van der Waals surface area contributed by atoms with Crippen molar-refractivity contribution >= 4 is 17.6 Å². The van der Waals surface area contributed by atoms with E-state index in [1.807, 2.05) is 48.5 Å². The molecule has 0 radical (unpaired) electrons. The number of anilines is 1. The molecule has 2 aliphatic heterocycles. The number of nitrogens with zero attached hydrogens (tertiary/aromatic N) is 4. The van der Waals surface area contributed by atoms with Gasteiger partial charge in [0.1, 0.15) is 5.82 Å². The van der Waals surface area contributed by atoms with Crippen LogP contribution >= 0.6 is 11.8 Å². The van der Waals surface area contributed by atoms with Crippen LogP contribution in [0.1, 0.15) is 30.7 Å². The molecular formula is C17H23N5OS. The Morgan fingerprint density at radius 2 is 2.25 bits per heavy atom. The zero-order valence-electron chi connectivity index (χ0n) is 14.2. The molecule has 2 saturated heterocycles. The molecule has 1 N–H and O–H groups in total. The summed E-state index contributed by atoms with van der Waals surface area (Å²) in [5.74, 6) is 3.91. The third-order valence-corrected chi connectivity index (χ3v) is 6.01. The lowest BCUT2D eigenvalue weighted by Crippen LogP contribution is -2.44. The molecule has 128 valence electrons. The predicted octanol–water partition coefficient (Wildman–Crippen LogP) is 2.75. The van der Waals surface area contributed by atoms with E-state index in [4.69, 9.17) is 4.74 Å². The molecule has 0 aromatic carbocycles. The highest BCUT2D eigenvalue weighted by molar-refractivity contribution is 7.99. The molecule has 2 aliphatic rings. The van der Waals surface area contributed by atoms with E-state index in [0.29, 0.717) is 6.04 Å². The third-order valence-electron chi connectivity index (χ3n) is 4.79. The largest absolute Gasteiger partial charge is 0.374 e. The molecule has 0 saturated carbocycles. The average Bonchev–Trinajstić information content (AvgIpc) is 3.15. The van der Waals surface area contributed by atoms with Crippen LogP contribution in [-0.4, -0.2) is 49.7 Å². The van der Waals surface area contributed by atoms with Gasteiger partial charge in [-0.3, -0.25) is 0 Å². The van der Waals surface area contributed by atoms with Gasteiger partial charge in [0.2, 0.25) is 0 Å². The standard InChI is InChI=1S/C17H23N5OS/c1-12-9-13(2)22(21-12)16-4-3-15(19-20-16)18-14-5-7-23-17(10-14)6-8-24-11-17/h3-4,9,14H,5-8,10-11H2,1-2H3,(H,18,19)/t14-,17+/m1/s1. The van der Waals surface area contributed by atoms with Gasteiger partial charge in [0.05, 0.1) is 11.3 Å². The van der Waals surface area contributed by atoms with E-state index in [0.717, 1.165) is 48.2 Å². The number of hydrogen-bond acceptors (Lipinski definition) is 6.